The molecule has 0 fully saturated rings. The summed E-state index contributed by atoms with van der Waals surface area (Å²) in [5.74, 6) is 0. The maximum absolute atomic E-state index is 2.31. The topological polar surface area (TPSA) is 0 Å². The molecule has 0 aromatic heterocycles. The summed E-state index contributed by atoms with van der Waals surface area (Å²) in [6, 6.07) is 8.88. The molecule has 15 heavy (non-hydrogen) atoms. The third kappa shape index (κ3) is 5.01. The van der Waals surface area contributed by atoms with E-state index in [0.717, 1.165) is 0 Å². The van der Waals surface area contributed by atoms with Gasteiger partial charge in [0.05, 0.1) is 0 Å². The Hall–Kier alpha value is -0.780. The SMILES string of the molecule is C[CH]c1cccc(CCCCCCC)c1. The molecule has 1 aromatic carbocycles. The van der Waals surface area contributed by atoms with Crippen LogP contribution < -0.4 is 0 Å². The van der Waals surface area contributed by atoms with E-state index in [1.165, 1.54) is 49.7 Å². The van der Waals surface area contributed by atoms with Crippen LogP contribution in [0, 0.1) is 6.42 Å². The zero-order valence-electron chi connectivity index (χ0n) is 10.1. The van der Waals surface area contributed by atoms with Crippen molar-refractivity contribution in [3.8, 4) is 0 Å². The van der Waals surface area contributed by atoms with E-state index >= 15 is 0 Å². The van der Waals surface area contributed by atoms with E-state index in [-0.39, 0.29) is 0 Å². The minimum Gasteiger partial charge on any atom is -0.0654 e. The van der Waals surface area contributed by atoms with E-state index in [1.54, 1.807) is 0 Å². The Morgan fingerprint density at radius 2 is 1.87 bits per heavy atom. The van der Waals surface area contributed by atoms with Gasteiger partial charge in [0.25, 0.3) is 0 Å². The van der Waals surface area contributed by atoms with Gasteiger partial charge in [0.2, 0.25) is 0 Å². The van der Waals surface area contributed by atoms with Gasteiger partial charge in [0.1, 0.15) is 0 Å². The summed E-state index contributed by atoms with van der Waals surface area (Å²) in [6.45, 7) is 4.36. The van der Waals surface area contributed by atoms with Crippen LogP contribution in [-0.4, -0.2) is 0 Å². The van der Waals surface area contributed by atoms with Gasteiger partial charge in [-0.25, -0.2) is 0 Å². The van der Waals surface area contributed by atoms with Gasteiger partial charge >= 0.3 is 0 Å². The monoisotopic (exact) mass is 203 g/mol. The first-order valence-electron chi connectivity index (χ1n) is 6.25. The molecule has 83 valence electrons. The van der Waals surface area contributed by atoms with Gasteiger partial charge in [-0.2, -0.15) is 0 Å². The highest BCUT2D eigenvalue weighted by molar-refractivity contribution is 5.27. The largest absolute Gasteiger partial charge is 0.0654 e. The Balaban J connectivity index is 2.24. The molecule has 0 heterocycles. The molecule has 0 amide bonds. The molecule has 0 aliphatic carbocycles. The number of hydrogen-bond acceptors (Lipinski definition) is 0. The fourth-order valence-electron chi connectivity index (χ4n) is 1.86. The maximum atomic E-state index is 2.31. The Morgan fingerprint density at radius 3 is 2.60 bits per heavy atom. The van der Waals surface area contributed by atoms with Crippen molar-refractivity contribution >= 4 is 0 Å². The summed E-state index contributed by atoms with van der Waals surface area (Å²) in [4.78, 5) is 0. The highest BCUT2D eigenvalue weighted by Crippen LogP contribution is 2.11. The third-order valence-electron chi connectivity index (χ3n) is 2.85. The van der Waals surface area contributed by atoms with Crippen molar-refractivity contribution < 1.29 is 0 Å². The molecule has 1 aromatic rings. The maximum Gasteiger partial charge on any atom is -0.0124 e. The molecule has 0 nitrogen and oxygen atoms in total. The highest BCUT2D eigenvalue weighted by Gasteiger charge is 1.95. The second-order valence-electron chi connectivity index (χ2n) is 4.20. The summed E-state index contributed by atoms with van der Waals surface area (Å²) in [7, 11) is 0. The number of aryl methyl sites for hydroxylation is 1. The summed E-state index contributed by atoms with van der Waals surface area (Å²) in [5.41, 5.74) is 2.84. The van der Waals surface area contributed by atoms with Crippen LogP contribution in [0.1, 0.15) is 57.1 Å². The normalized spacial score (nSPS) is 10.5. The lowest BCUT2D eigenvalue weighted by Crippen LogP contribution is -1.87. The van der Waals surface area contributed by atoms with Crippen LogP contribution >= 0.6 is 0 Å². The highest BCUT2D eigenvalue weighted by atomic mass is 14.0. The van der Waals surface area contributed by atoms with Gasteiger partial charge in [0, 0.05) is 0 Å². The minimum atomic E-state index is 1.24. The van der Waals surface area contributed by atoms with Gasteiger partial charge in [-0.05, 0) is 30.4 Å². The van der Waals surface area contributed by atoms with Gasteiger partial charge in [-0.1, -0.05) is 63.8 Å². The number of hydrogen-bond donors (Lipinski definition) is 0. The van der Waals surface area contributed by atoms with Crippen molar-refractivity contribution in [3.63, 3.8) is 0 Å². The van der Waals surface area contributed by atoms with E-state index in [1.807, 2.05) is 0 Å². The molecular formula is C15H23. The smallest absolute Gasteiger partial charge is 0.0124 e. The Bertz CT molecular complexity index is 262. The van der Waals surface area contributed by atoms with Crippen molar-refractivity contribution in [2.75, 3.05) is 0 Å². The summed E-state index contributed by atoms with van der Waals surface area (Å²) in [5, 5.41) is 0. The van der Waals surface area contributed by atoms with E-state index in [2.05, 4.69) is 44.5 Å². The molecule has 0 unspecified atom stereocenters. The molecule has 0 atom stereocenters. The summed E-state index contributed by atoms with van der Waals surface area (Å²) in [6.07, 6.45) is 10.3. The molecule has 0 heteroatoms. The lowest BCUT2D eigenvalue weighted by atomic mass is 10.0. The van der Waals surface area contributed by atoms with Crippen molar-refractivity contribution in [2.45, 2.75) is 52.4 Å². The van der Waals surface area contributed by atoms with Gasteiger partial charge in [-0.3, -0.25) is 0 Å². The van der Waals surface area contributed by atoms with Crippen LogP contribution in [0.4, 0.5) is 0 Å². The number of benzene rings is 1. The van der Waals surface area contributed by atoms with Gasteiger partial charge in [-0.15, -0.1) is 0 Å². The minimum absolute atomic E-state index is 1.24. The van der Waals surface area contributed by atoms with Crippen molar-refractivity contribution in [1.82, 2.24) is 0 Å². The first kappa shape index (κ1) is 12.3. The summed E-state index contributed by atoms with van der Waals surface area (Å²) < 4.78 is 0. The van der Waals surface area contributed by atoms with Crippen molar-refractivity contribution in [3.05, 3.63) is 41.8 Å². The van der Waals surface area contributed by atoms with E-state index in [9.17, 15) is 0 Å². The molecule has 0 saturated carbocycles. The Kier molecular flexibility index (Phi) is 6.15. The first-order valence-corrected chi connectivity index (χ1v) is 6.25. The lowest BCUT2D eigenvalue weighted by molar-refractivity contribution is 0.632. The average molecular weight is 203 g/mol. The van der Waals surface area contributed by atoms with Gasteiger partial charge < -0.3 is 0 Å². The zero-order valence-corrected chi connectivity index (χ0v) is 10.1. The predicted molar refractivity (Wildman–Crippen MR) is 68.0 cm³/mol. The molecule has 1 rings (SSSR count). The number of rotatable bonds is 7. The molecule has 1 radical (unpaired) electrons. The standard InChI is InChI=1S/C15H23/c1-3-5-6-7-8-10-15-12-9-11-14(4-2)13-15/h4,9,11-13H,3,5-8,10H2,1-2H3. The molecule has 0 N–H and O–H groups in total. The van der Waals surface area contributed by atoms with Crippen LogP contribution in [0.2, 0.25) is 0 Å². The third-order valence-corrected chi connectivity index (χ3v) is 2.85. The van der Waals surface area contributed by atoms with Crippen LogP contribution in [0.15, 0.2) is 24.3 Å². The predicted octanol–water partition coefficient (Wildman–Crippen LogP) is 4.77. The van der Waals surface area contributed by atoms with Crippen LogP contribution in [0.3, 0.4) is 0 Å². The van der Waals surface area contributed by atoms with Gasteiger partial charge in [0.15, 0.2) is 0 Å². The summed E-state index contributed by atoms with van der Waals surface area (Å²) >= 11 is 0. The molecule has 0 spiro atoms. The second kappa shape index (κ2) is 7.50. The Labute approximate surface area is 94.7 Å². The number of unbranched alkanes of at least 4 members (excludes halogenated alkanes) is 4. The first-order chi connectivity index (χ1) is 7.36. The van der Waals surface area contributed by atoms with Crippen LogP contribution in [-0.2, 0) is 6.42 Å². The second-order valence-corrected chi connectivity index (χ2v) is 4.20. The zero-order chi connectivity index (χ0) is 10.9. The molecule has 0 aliphatic rings. The molecule has 0 aliphatic heterocycles. The molecule has 0 bridgehead atoms. The van der Waals surface area contributed by atoms with E-state index < -0.39 is 0 Å². The average Bonchev–Trinajstić information content (AvgIpc) is 2.29. The van der Waals surface area contributed by atoms with Crippen molar-refractivity contribution in [2.24, 2.45) is 0 Å². The fourth-order valence-corrected chi connectivity index (χ4v) is 1.86. The van der Waals surface area contributed by atoms with E-state index in [4.69, 9.17) is 0 Å². The quantitative estimate of drug-likeness (QED) is 0.560. The molecular weight excluding hydrogens is 180 g/mol. The fraction of sp³-hybridized carbons (Fsp3) is 0.533. The molecule has 0 saturated heterocycles. The van der Waals surface area contributed by atoms with Crippen molar-refractivity contribution in [1.29, 1.82) is 0 Å². The van der Waals surface area contributed by atoms with Crippen LogP contribution in [0.5, 0.6) is 0 Å². The van der Waals surface area contributed by atoms with E-state index in [0.29, 0.717) is 0 Å². The lowest BCUT2D eigenvalue weighted by Gasteiger charge is -2.03. The van der Waals surface area contributed by atoms with Crippen LogP contribution in [0.25, 0.3) is 0 Å². The Morgan fingerprint density at radius 1 is 1.07 bits per heavy atom.